The molecule has 138 valence electrons. The predicted octanol–water partition coefficient (Wildman–Crippen LogP) is 3.73. The first-order valence-corrected chi connectivity index (χ1v) is 7.75. The lowest BCUT2D eigenvalue weighted by Crippen LogP contribution is -2.19. The third-order valence-electron chi connectivity index (χ3n) is 3.32. The Bertz CT molecular complexity index is 899. The maximum absolute atomic E-state index is 12.2. The van der Waals surface area contributed by atoms with E-state index in [1.807, 2.05) is 30.3 Å². The molecule has 0 radical (unpaired) electrons. The molecule has 1 amide bonds. The molecule has 9 heteroatoms. The quantitative estimate of drug-likeness (QED) is 0.736. The summed E-state index contributed by atoms with van der Waals surface area (Å²) in [6, 6.07) is 11.8. The minimum Gasteiger partial charge on any atom is -0.468 e. The second kappa shape index (κ2) is 7.81. The number of carbonyl (C=O) groups is 1. The number of carbonyl (C=O) groups excluding carboxylic acids is 1. The van der Waals surface area contributed by atoms with Gasteiger partial charge in [-0.25, -0.2) is 15.0 Å². The molecule has 27 heavy (non-hydrogen) atoms. The number of rotatable bonds is 5. The molecular weight excluding hydrogens is 361 g/mol. The fourth-order valence-corrected chi connectivity index (χ4v) is 2.09. The highest BCUT2D eigenvalue weighted by Gasteiger charge is 2.28. The monoisotopic (exact) mass is 374 g/mol. The van der Waals surface area contributed by atoms with Crippen molar-refractivity contribution in [2.24, 2.45) is 0 Å². The fraction of sp³-hybridized carbons (Fsp3) is 0.111. The molecule has 0 aliphatic carbocycles. The number of aromatic nitrogens is 3. The molecule has 2 aromatic heterocycles. The first-order valence-electron chi connectivity index (χ1n) is 7.75. The molecule has 0 unspecified atom stereocenters. The third-order valence-corrected chi connectivity index (χ3v) is 3.32. The van der Waals surface area contributed by atoms with Crippen LogP contribution in [0.5, 0.6) is 5.88 Å². The summed E-state index contributed by atoms with van der Waals surface area (Å²) in [4.78, 5) is 24.2. The predicted molar refractivity (Wildman–Crippen MR) is 91.2 cm³/mol. The minimum atomic E-state index is -4.45. The molecular formula is C18H13F3N4O2. The second-order valence-corrected chi connectivity index (χ2v) is 5.40. The van der Waals surface area contributed by atoms with Gasteiger partial charge in [-0.3, -0.25) is 4.79 Å². The van der Waals surface area contributed by atoms with Gasteiger partial charge in [-0.1, -0.05) is 30.3 Å². The molecule has 0 aliphatic heterocycles. The summed E-state index contributed by atoms with van der Waals surface area (Å²) < 4.78 is 40.8. The Hall–Kier alpha value is -3.49. The number of nitrogens with zero attached hydrogens (tertiary/aromatic N) is 3. The smallest absolute Gasteiger partial charge is 0.422 e. The zero-order chi connectivity index (χ0) is 19.3. The summed E-state index contributed by atoms with van der Waals surface area (Å²) >= 11 is 0. The van der Waals surface area contributed by atoms with Crippen molar-refractivity contribution in [3.63, 3.8) is 0 Å². The van der Waals surface area contributed by atoms with Gasteiger partial charge in [0.15, 0.2) is 12.4 Å². The van der Waals surface area contributed by atoms with Gasteiger partial charge in [-0.15, -0.1) is 0 Å². The average molecular weight is 374 g/mol. The Morgan fingerprint density at radius 1 is 0.963 bits per heavy atom. The van der Waals surface area contributed by atoms with Gasteiger partial charge in [0.05, 0.1) is 23.6 Å². The van der Waals surface area contributed by atoms with E-state index in [1.54, 1.807) is 0 Å². The molecule has 3 aromatic rings. The molecule has 3 rings (SSSR count). The summed E-state index contributed by atoms with van der Waals surface area (Å²) in [5, 5.41) is 2.59. The molecule has 0 atom stereocenters. The fourth-order valence-electron chi connectivity index (χ4n) is 2.09. The number of nitrogens with one attached hydrogen (secondary N) is 1. The zero-order valence-corrected chi connectivity index (χ0v) is 13.8. The lowest BCUT2D eigenvalue weighted by atomic mass is 10.2. The van der Waals surface area contributed by atoms with E-state index in [0.29, 0.717) is 11.5 Å². The van der Waals surface area contributed by atoms with Crippen LogP contribution in [0.3, 0.4) is 0 Å². The SMILES string of the molecule is O=C(Nc1cnc(-c2ccccc2)nc1)c1ccc(OCC(F)(F)F)nc1. The van der Waals surface area contributed by atoms with Gasteiger partial charge in [0.2, 0.25) is 5.88 Å². The Balaban J connectivity index is 1.61. The van der Waals surface area contributed by atoms with Gasteiger partial charge >= 0.3 is 6.18 Å². The van der Waals surface area contributed by atoms with Gasteiger partial charge in [-0.2, -0.15) is 13.2 Å². The number of hydrogen-bond acceptors (Lipinski definition) is 5. The number of alkyl halides is 3. The van der Waals surface area contributed by atoms with Crippen molar-refractivity contribution >= 4 is 11.6 Å². The van der Waals surface area contributed by atoms with Crippen molar-refractivity contribution in [3.8, 4) is 17.3 Å². The summed E-state index contributed by atoms with van der Waals surface area (Å²) in [7, 11) is 0. The van der Waals surface area contributed by atoms with Crippen LogP contribution < -0.4 is 10.1 Å². The van der Waals surface area contributed by atoms with Crippen LogP contribution in [0, 0.1) is 0 Å². The standard InChI is InChI=1S/C18H13F3N4O2/c19-18(20,21)11-27-15-7-6-13(8-22-15)17(26)25-14-9-23-16(24-10-14)12-4-2-1-3-5-12/h1-10H,11H2,(H,25,26). The maximum Gasteiger partial charge on any atom is 0.422 e. The van der Waals surface area contributed by atoms with Crippen LogP contribution in [-0.4, -0.2) is 33.6 Å². The van der Waals surface area contributed by atoms with Crippen molar-refractivity contribution in [2.45, 2.75) is 6.18 Å². The molecule has 0 saturated heterocycles. The number of ether oxygens (including phenoxy) is 1. The molecule has 0 fully saturated rings. The van der Waals surface area contributed by atoms with E-state index in [0.717, 1.165) is 11.8 Å². The van der Waals surface area contributed by atoms with Crippen molar-refractivity contribution in [3.05, 3.63) is 66.6 Å². The topological polar surface area (TPSA) is 77.0 Å². The summed E-state index contributed by atoms with van der Waals surface area (Å²) in [5.41, 5.74) is 1.37. The molecule has 0 bridgehead atoms. The number of anilines is 1. The highest BCUT2D eigenvalue weighted by atomic mass is 19.4. The average Bonchev–Trinajstić information content (AvgIpc) is 2.67. The van der Waals surface area contributed by atoms with Crippen LogP contribution in [0.1, 0.15) is 10.4 Å². The van der Waals surface area contributed by atoms with E-state index in [2.05, 4.69) is 25.0 Å². The summed E-state index contributed by atoms with van der Waals surface area (Å²) in [6.45, 7) is -1.45. The lowest BCUT2D eigenvalue weighted by molar-refractivity contribution is -0.154. The Labute approximate surface area is 152 Å². The molecule has 2 heterocycles. The van der Waals surface area contributed by atoms with Gasteiger partial charge in [0, 0.05) is 17.8 Å². The van der Waals surface area contributed by atoms with Crippen molar-refractivity contribution in [1.82, 2.24) is 15.0 Å². The number of amides is 1. The normalized spacial score (nSPS) is 11.1. The Morgan fingerprint density at radius 2 is 1.67 bits per heavy atom. The number of halogens is 3. The number of pyridine rings is 1. The van der Waals surface area contributed by atoms with Crippen LogP contribution >= 0.6 is 0 Å². The molecule has 0 aliphatic rings. The van der Waals surface area contributed by atoms with E-state index in [9.17, 15) is 18.0 Å². The second-order valence-electron chi connectivity index (χ2n) is 5.40. The molecule has 1 aromatic carbocycles. The maximum atomic E-state index is 12.2. The third kappa shape index (κ3) is 5.24. The van der Waals surface area contributed by atoms with Gasteiger partial charge in [-0.05, 0) is 6.07 Å². The summed E-state index contributed by atoms with van der Waals surface area (Å²) in [5.74, 6) is -0.207. The van der Waals surface area contributed by atoms with E-state index in [4.69, 9.17) is 0 Å². The van der Waals surface area contributed by atoms with Crippen LogP contribution in [0.2, 0.25) is 0 Å². The van der Waals surface area contributed by atoms with Gasteiger partial charge in [0.25, 0.3) is 5.91 Å². The Kier molecular flexibility index (Phi) is 5.30. The van der Waals surface area contributed by atoms with Crippen LogP contribution in [-0.2, 0) is 0 Å². The van der Waals surface area contributed by atoms with E-state index >= 15 is 0 Å². The van der Waals surface area contributed by atoms with Gasteiger partial charge < -0.3 is 10.1 Å². The molecule has 0 spiro atoms. The minimum absolute atomic E-state index is 0.154. The van der Waals surface area contributed by atoms with Crippen molar-refractivity contribution in [2.75, 3.05) is 11.9 Å². The molecule has 0 saturated carbocycles. The van der Waals surface area contributed by atoms with Gasteiger partial charge in [0.1, 0.15) is 0 Å². The first-order chi connectivity index (χ1) is 12.9. The van der Waals surface area contributed by atoms with E-state index in [1.165, 1.54) is 24.5 Å². The van der Waals surface area contributed by atoms with Crippen molar-refractivity contribution < 1.29 is 22.7 Å². The first kappa shape index (κ1) is 18.3. The molecule has 1 N–H and O–H groups in total. The lowest BCUT2D eigenvalue weighted by Gasteiger charge is -2.09. The molecule has 6 nitrogen and oxygen atoms in total. The highest BCUT2D eigenvalue weighted by molar-refractivity contribution is 6.03. The van der Waals surface area contributed by atoms with E-state index in [-0.39, 0.29) is 11.4 Å². The van der Waals surface area contributed by atoms with Crippen LogP contribution in [0.15, 0.2) is 61.1 Å². The van der Waals surface area contributed by atoms with Crippen molar-refractivity contribution in [1.29, 1.82) is 0 Å². The van der Waals surface area contributed by atoms with E-state index < -0.39 is 18.7 Å². The summed E-state index contributed by atoms with van der Waals surface area (Å²) in [6.07, 6.45) is -0.410. The highest BCUT2D eigenvalue weighted by Crippen LogP contribution is 2.18. The zero-order valence-electron chi connectivity index (χ0n) is 13.8. The number of benzene rings is 1. The Morgan fingerprint density at radius 3 is 2.26 bits per heavy atom. The largest absolute Gasteiger partial charge is 0.468 e. The number of hydrogen-bond donors (Lipinski definition) is 1. The van der Waals surface area contributed by atoms with Crippen LogP contribution in [0.25, 0.3) is 11.4 Å². The van der Waals surface area contributed by atoms with Crippen LogP contribution in [0.4, 0.5) is 18.9 Å².